The number of halogens is 6. The Kier molecular flexibility index (Phi) is 6.54. The number of anilines is 1. The van der Waals surface area contributed by atoms with Crippen LogP contribution in [0, 0.1) is 18.8 Å². The average molecular weight is 554 g/mol. The molecule has 40 heavy (non-hydrogen) atoms. The number of imidazole rings is 2. The Labute approximate surface area is 222 Å². The Hall–Kier alpha value is -5.12. The number of carbonyl (C=O) groups is 1. The predicted molar refractivity (Wildman–Crippen MR) is 132 cm³/mol. The first kappa shape index (κ1) is 26.5. The number of fused-ring (bicyclic) bond motifs is 1. The van der Waals surface area contributed by atoms with Gasteiger partial charge in [-0.3, -0.25) is 4.79 Å². The summed E-state index contributed by atoms with van der Waals surface area (Å²) < 4.78 is 81.9. The molecule has 0 bridgehead atoms. The largest absolute Gasteiger partial charge is 0.434 e. The number of aryl methyl sites for hydroxylation is 1. The fourth-order valence-corrected chi connectivity index (χ4v) is 3.75. The van der Waals surface area contributed by atoms with Crippen molar-refractivity contribution in [1.29, 1.82) is 0 Å². The van der Waals surface area contributed by atoms with Crippen molar-refractivity contribution in [2.45, 2.75) is 19.3 Å². The minimum absolute atomic E-state index is 0.104. The Balaban J connectivity index is 1.45. The maximum atomic E-state index is 13.6. The summed E-state index contributed by atoms with van der Waals surface area (Å²) in [6, 6.07) is 10.5. The van der Waals surface area contributed by atoms with Crippen LogP contribution in [0.15, 0.2) is 73.4 Å². The van der Waals surface area contributed by atoms with Gasteiger partial charge < -0.3 is 9.88 Å². The second-order valence-corrected chi connectivity index (χ2v) is 8.60. The van der Waals surface area contributed by atoms with Crippen LogP contribution >= 0.6 is 0 Å². The molecule has 2 aromatic carbocycles. The molecule has 0 aliphatic rings. The van der Waals surface area contributed by atoms with Gasteiger partial charge in [0.25, 0.3) is 5.91 Å². The van der Waals surface area contributed by atoms with Crippen molar-refractivity contribution < 1.29 is 31.1 Å². The second kappa shape index (κ2) is 9.88. The first-order valence-electron chi connectivity index (χ1n) is 11.4. The van der Waals surface area contributed by atoms with Gasteiger partial charge >= 0.3 is 12.4 Å². The number of nitrogens with one attached hydrogen (secondary N) is 1. The molecule has 5 aromatic rings. The second-order valence-electron chi connectivity index (χ2n) is 8.60. The fourth-order valence-electron chi connectivity index (χ4n) is 3.75. The van der Waals surface area contributed by atoms with Crippen molar-refractivity contribution in [3.8, 4) is 17.5 Å². The van der Waals surface area contributed by atoms with E-state index >= 15 is 0 Å². The lowest BCUT2D eigenvalue weighted by Gasteiger charge is -2.14. The average Bonchev–Trinajstić information content (AvgIpc) is 3.55. The van der Waals surface area contributed by atoms with Crippen molar-refractivity contribution in [1.82, 2.24) is 24.1 Å². The van der Waals surface area contributed by atoms with Gasteiger partial charge in [-0.25, -0.2) is 14.5 Å². The number of hydrogen-bond acceptors (Lipinski definition) is 4. The molecular weight excluding hydrogens is 538 g/mol. The number of aromatic nitrogens is 5. The van der Waals surface area contributed by atoms with Gasteiger partial charge in [0.1, 0.15) is 5.69 Å². The van der Waals surface area contributed by atoms with Crippen molar-refractivity contribution in [2.75, 3.05) is 5.32 Å². The molecule has 0 aliphatic heterocycles. The number of nitrogens with zero attached hydrogens (tertiary/aromatic N) is 5. The van der Waals surface area contributed by atoms with E-state index in [0.717, 1.165) is 22.5 Å². The van der Waals surface area contributed by atoms with E-state index in [1.54, 1.807) is 42.0 Å². The summed E-state index contributed by atoms with van der Waals surface area (Å²) >= 11 is 0. The van der Waals surface area contributed by atoms with Crippen LogP contribution in [0.5, 0.6) is 0 Å². The molecule has 0 atom stereocenters. The van der Waals surface area contributed by atoms with Gasteiger partial charge in [-0.2, -0.15) is 31.4 Å². The summed E-state index contributed by atoms with van der Waals surface area (Å²) in [5.74, 6) is 5.16. The van der Waals surface area contributed by atoms with Crippen LogP contribution in [-0.2, 0) is 12.4 Å². The van der Waals surface area contributed by atoms with Gasteiger partial charge in [0.2, 0.25) is 0 Å². The predicted octanol–water partition coefficient (Wildman–Crippen LogP) is 5.91. The van der Waals surface area contributed by atoms with E-state index in [1.807, 2.05) is 0 Å². The van der Waals surface area contributed by atoms with Crippen molar-refractivity contribution >= 4 is 17.2 Å². The maximum Gasteiger partial charge on any atom is 0.434 e. The van der Waals surface area contributed by atoms with Gasteiger partial charge in [0, 0.05) is 34.9 Å². The van der Waals surface area contributed by atoms with Crippen molar-refractivity contribution in [2.24, 2.45) is 0 Å². The van der Waals surface area contributed by atoms with Crippen LogP contribution in [0.2, 0.25) is 0 Å². The topological polar surface area (TPSA) is 77.1 Å². The minimum atomic E-state index is -4.83. The van der Waals surface area contributed by atoms with Gasteiger partial charge in [-0.15, -0.1) is 0 Å². The summed E-state index contributed by atoms with van der Waals surface area (Å²) in [4.78, 5) is 20.4. The lowest BCUT2D eigenvalue weighted by atomic mass is 10.0. The molecule has 1 amide bonds. The van der Waals surface area contributed by atoms with Gasteiger partial charge in [-0.1, -0.05) is 12.0 Å². The molecule has 3 aromatic heterocycles. The molecule has 7 nitrogen and oxygen atoms in total. The van der Waals surface area contributed by atoms with Crippen LogP contribution in [0.1, 0.15) is 38.4 Å². The number of alkyl halides is 6. The SMILES string of the molecule is Cc1ccc(C(=O)Nc2cc(-n3cnc(C(F)(F)F)c3)cc(C(F)(F)F)c2)cc1C#Cc1cnc2cccnn12. The van der Waals surface area contributed by atoms with Crippen LogP contribution in [-0.4, -0.2) is 30.1 Å². The van der Waals surface area contributed by atoms with Crippen LogP contribution in [0.4, 0.5) is 32.0 Å². The molecule has 0 aliphatic carbocycles. The molecule has 1 N–H and O–H groups in total. The molecular formula is C27H16F6N6O. The summed E-state index contributed by atoms with van der Waals surface area (Å²) in [7, 11) is 0. The number of carbonyl (C=O) groups excluding carboxylic acids is 1. The van der Waals surface area contributed by atoms with Crippen molar-refractivity contribution in [3.63, 3.8) is 0 Å². The van der Waals surface area contributed by atoms with E-state index in [4.69, 9.17) is 0 Å². The Bertz CT molecular complexity index is 1810. The van der Waals surface area contributed by atoms with E-state index in [1.165, 1.54) is 12.1 Å². The molecule has 202 valence electrons. The summed E-state index contributed by atoms with van der Waals surface area (Å²) in [5, 5.41) is 6.57. The van der Waals surface area contributed by atoms with E-state index in [9.17, 15) is 31.1 Å². The molecule has 0 fully saturated rings. The highest BCUT2D eigenvalue weighted by atomic mass is 19.4. The summed E-state index contributed by atoms with van der Waals surface area (Å²) in [5.41, 5.74) is -0.548. The number of benzene rings is 2. The minimum Gasteiger partial charge on any atom is -0.322 e. The normalized spacial score (nSPS) is 11.8. The summed E-state index contributed by atoms with van der Waals surface area (Å²) in [6.45, 7) is 1.78. The molecule has 13 heteroatoms. The number of hydrogen-bond donors (Lipinski definition) is 1. The zero-order chi connectivity index (χ0) is 28.7. The standard InChI is InChI=1S/C27H16F6N6O/c1-16-4-5-18(9-17(16)6-7-21-13-34-24-3-2-8-36-39(21)24)25(40)37-20-10-19(26(28,29)30)11-22(12-20)38-14-23(35-15-38)27(31,32)33/h2-5,8-15H,1H3,(H,37,40). The Morgan fingerprint density at radius 1 is 0.950 bits per heavy atom. The lowest BCUT2D eigenvalue weighted by Crippen LogP contribution is -2.14. The highest BCUT2D eigenvalue weighted by Gasteiger charge is 2.34. The van der Waals surface area contributed by atoms with E-state index in [-0.39, 0.29) is 16.9 Å². The van der Waals surface area contributed by atoms with E-state index in [2.05, 4.69) is 32.2 Å². The third-order valence-corrected chi connectivity index (χ3v) is 5.78. The molecule has 0 saturated heterocycles. The number of amides is 1. The van der Waals surface area contributed by atoms with Crippen molar-refractivity contribution in [3.05, 3.63) is 107 Å². The fraction of sp³-hybridized carbons (Fsp3) is 0.111. The highest BCUT2D eigenvalue weighted by molar-refractivity contribution is 6.04. The molecule has 0 saturated carbocycles. The van der Waals surface area contributed by atoms with Gasteiger partial charge in [0.15, 0.2) is 11.3 Å². The van der Waals surface area contributed by atoms with Crippen LogP contribution < -0.4 is 5.32 Å². The molecule has 3 heterocycles. The Morgan fingerprint density at radius 2 is 1.75 bits per heavy atom. The third kappa shape index (κ3) is 5.51. The van der Waals surface area contributed by atoms with E-state index < -0.39 is 29.5 Å². The zero-order valence-corrected chi connectivity index (χ0v) is 20.3. The van der Waals surface area contributed by atoms with Crippen LogP contribution in [0.3, 0.4) is 0 Å². The highest BCUT2D eigenvalue weighted by Crippen LogP contribution is 2.34. The first-order chi connectivity index (χ1) is 18.9. The third-order valence-electron chi connectivity index (χ3n) is 5.78. The molecule has 5 rings (SSSR count). The quantitative estimate of drug-likeness (QED) is 0.222. The maximum absolute atomic E-state index is 13.6. The monoisotopic (exact) mass is 554 g/mol. The Morgan fingerprint density at radius 3 is 2.48 bits per heavy atom. The zero-order valence-electron chi connectivity index (χ0n) is 20.3. The lowest BCUT2D eigenvalue weighted by molar-refractivity contribution is -0.141. The number of rotatable bonds is 3. The smallest absolute Gasteiger partial charge is 0.322 e. The molecule has 0 unspecified atom stereocenters. The molecule has 0 radical (unpaired) electrons. The molecule has 0 spiro atoms. The first-order valence-corrected chi connectivity index (χ1v) is 11.4. The van der Waals surface area contributed by atoms with Crippen LogP contribution in [0.25, 0.3) is 11.3 Å². The van der Waals surface area contributed by atoms with Gasteiger partial charge in [0.05, 0.1) is 18.1 Å². The summed E-state index contributed by atoms with van der Waals surface area (Å²) in [6.07, 6.45) is -5.18. The van der Waals surface area contributed by atoms with Gasteiger partial charge in [-0.05, 0) is 60.9 Å². The van der Waals surface area contributed by atoms with E-state index in [0.29, 0.717) is 35.2 Å².